The number of rotatable bonds is 1. The lowest BCUT2D eigenvalue weighted by Gasteiger charge is -2.03. The van der Waals surface area contributed by atoms with Gasteiger partial charge in [0.05, 0.1) is 0 Å². The Bertz CT molecular complexity index is 367. The predicted molar refractivity (Wildman–Crippen MR) is 40.5 cm³/mol. The lowest BCUT2D eigenvalue weighted by atomic mass is 10.3. The molecule has 0 spiro atoms. The Morgan fingerprint density at radius 2 is 2.18 bits per heavy atom. The second-order valence-electron chi connectivity index (χ2n) is 2.24. The third-order valence-electron chi connectivity index (χ3n) is 1.59. The largest absolute Gasteiger partial charge is 0.442 e. The maximum absolute atomic E-state index is 12.1. The summed E-state index contributed by atoms with van der Waals surface area (Å²) in [5.41, 5.74) is 1.59. The Balaban J connectivity index is 2.76. The van der Waals surface area contributed by atoms with Gasteiger partial charge in [-0.15, -0.1) is 0 Å². The molecule has 0 amide bonds. The molecule has 1 heterocycles. The first-order valence-electron chi connectivity index (χ1n) is 3.27. The van der Waals surface area contributed by atoms with Crippen molar-refractivity contribution < 1.29 is 4.39 Å². The van der Waals surface area contributed by atoms with E-state index >= 15 is 0 Å². The quantitative estimate of drug-likeness (QED) is 0.567. The summed E-state index contributed by atoms with van der Waals surface area (Å²) in [6.45, 7) is 0.495. The summed E-state index contributed by atoms with van der Waals surface area (Å²) in [4.78, 5) is 3.98. The van der Waals surface area contributed by atoms with E-state index in [-0.39, 0.29) is 0 Å². The van der Waals surface area contributed by atoms with Crippen LogP contribution < -0.4 is 0 Å². The Morgan fingerprint density at radius 3 is 3.00 bits per heavy atom. The number of aromatic nitrogens is 2. The van der Waals surface area contributed by atoms with Gasteiger partial charge in [0.15, 0.2) is 0 Å². The van der Waals surface area contributed by atoms with Gasteiger partial charge < -0.3 is 9.55 Å². The van der Waals surface area contributed by atoms with Gasteiger partial charge in [0.25, 0.3) is 0 Å². The zero-order valence-electron chi connectivity index (χ0n) is 5.74. The van der Waals surface area contributed by atoms with E-state index in [1.165, 1.54) is 10.9 Å². The van der Waals surface area contributed by atoms with Crippen molar-refractivity contribution in [1.29, 1.82) is 0 Å². The Kier molecular flexibility index (Phi) is 1.28. The molecule has 2 aromatic rings. The highest BCUT2D eigenvalue weighted by Crippen LogP contribution is 2.11. The number of imidazole rings is 1. The molecular formula is C8H6FN2-. The molecule has 1 aromatic carbocycles. The van der Waals surface area contributed by atoms with Crippen molar-refractivity contribution in [3.63, 3.8) is 0 Å². The van der Waals surface area contributed by atoms with Crippen molar-refractivity contribution in [1.82, 2.24) is 9.55 Å². The highest BCUT2D eigenvalue weighted by atomic mass is 19.1. The molecule has 0 aliphatic carbocycles. The molecule has 2 rings (SSSR count). The molecule has 0 aliphatic rings. The van der Waals surface area contributed by atoms with Crippen molar-refractivity contribution in [2.75, 3.05) is 0 Å². The van der Waals surface area contributed by atoms with Gasteiger partial charge in [-0.2, -0.15) is 0 Å². The minimum atomic E-state index is 0.495. The van der Waals surface area contributed by atoms with Crippen LogP contribution >= 0.6 is 0 Å². The smallest absolute Gasteiger partial charge is 0.0494 e. The van der Waals surface area contributed by atoms with Gasteiger partial charge in [-0.3, -0.25) is 4.39 Å². The molecule has 2 nitrogen and oxygen atoms in total. The lowest BCUT2D eigenvalue weighted by molar-refractivity contribution is 0.562. The van der Waals surface area contributed by atoms with Crippen LogP contribution in [0.4, 0.5) is 4.39 Å². The van der Waals surface area contributed by atoms with Gasteiger partial charge in [0.2, 0.25) is 0 Å². The number of hydrogen-bond donors (Lipinski definition) is 0. The number of para-hydroxylation sites is 2. The molecular weight excluding hydrogens is 143 g/mol. The molecule has 0 unspecified atom stereocenters. The number of benzene rings is 1. The van der Waals surface area contributed by atoms with Crippen molar-refractivity contribution in [2.24, 2.45) is 0 Å². The maximum atomic E-state index is 12.1. The number of fused-ring (bicyclic) bond motifs is 1. The van der Waals surface area contributed by atoms with Gasteiger partial charge >= 0.3 is 0 Å². The van der Waals surface area contributed by atoms with Crippen molar-refractivity contribution in [3.05, 3.63) is 37.4 Å². The Labute approximate surface area is 63.3 Å². The van der Waals surface area contributed by atoms with E-state index in [0.29, 0.717) is 6.80 Å². The van der Waals surface area contributed by atoms with Crippen LogP contribution in [-0.4, -0.2) is 9.55 Å². The van der Waals surface area contributed by atoms with Crippen molar-refractivity contribution in [2.45, 2.75) is 0 Å². The first kappa shape index (κ1) is 6.22. The number of hydrogen-bond acceptors (Lipinski definition) is 1. The zero-order chi connectivity index (χ0) is 7.68. The monoisotopic (exact) mass is 149 g/mol. The average molecular weight is 149 g/mol. The molecule has 0 fully saturated rings. The summed E-state index contributed by atoms with van der Waals surface area (Å²) >= 11 is 0. The molecule has 0 bridgehead atoms. The zero-order valence-corrected chi connectivity index (χ0v) is 5.74. The first-order valence-corrected chi connectivity index (χ1v) is 3.27. The highest BCUT2D eigenvalue weighted by molar-refractivity contribution is 5.75. The van der Waals surface area contributed by atoms with Crippen LogP contribution in [0.3, 0.4) is 0 Å². The summed E-state index contributed by atoms with van der Waals surface area (Å²) in [6, 6.07) is 7.38. The summed E-state index contributed by atoms with van der Waals surface area (Å²) in [5, 5.41) is 0. The van der Waals surface area contributed by atoms with Crippen LogP contribution in [-0.2, 0) is 0 Å². The third kappa shape index (κ3) is 0.852. The molecule has 3 heteroatoms. The fraction of sp³-hybridized carbons (Fsp3) is 0. The topological polar surface area (TPSA) is 17.8 Å². The predicted octanol–water partition coefficient (Wildman–Crippen LogP) is 1.97. The Morgan fingerprint density at radius 1 is 1.36 bits per heavy atom. The van der Waals surface area contributed by atoms with E-state index in [2.05, 4.69) is 4.98 Å². The average Bonchev–Trinajstić information content (AvgIpc) is 2.47. The molecule has 0 aliphatic heterocycles. The fourth-order valence-electron chi connectivity index (χ4n) is 1.06. The van der Waals surface area contributed by atoms with Gasteiger partial charge in [0.1, 0.15) is 0 Å². The van der Waals surface area contributed by atoms with Crippen LogP contribution in [0.15, 0.2) is 30.6 Å². The summed E-state index contributed by atoms with van der Waals surface area (Å²) in [7, 11) is 0. The lowest BCUT2D eigenvalue weighted by Crippen LogP contribution is -1.85. The molecule has 0 radical (unpaired) electrons. The van der Waals surface area contributed by atoms with Crippen LogP contribution in [0.5, 0.6) is 0 Å². The second kappa shape index (κ2) is 2.27. The third-order valence-corrected chi connectivity index (χ3v) is 1.59. The summed E-state index contributed by atoms with van der Waals surface area (Å²) in [5.74, 6) is 0. The van der Waals surface area contributed by atoms with Crippen LogP contribution in [0, 0.1) is 6.80 Å². The summed E-state index contributed by atoms with van der Waals surface area (Å²) < 4.78 is 13.4. The van der Waals surface area contributed by atoms with Gasteiger partial charge in [0, 0.05) is 12.3 Å². The summed E-state index contributed by atoms with van der Waals surface area (Å²) in [6.07, 6.45) is 1.45. The molecule has 1 aromatic heterocycles. The van der Waals surface area contributed by atoms with E-state index < -0.39 is 0 Å². The van der Waals surface area contributed by atoms with Crippen LogP contribution in [0.2, 0.25) is 0 Å². The SMILES string of the molecule is F[CH-]n1cnc2ccccc21. The second-order valence-corrected chi connectivity index (χ2v) is 2.24. The van der Waals surface area contributed by atoms with Crippen LogP contribution in [0.25, 0.3) is 11.0 Å². The van der Waals surface area contributed by atoms with E-state index in [4.69, 9.17) is 0 Å². The van der Waals surface area contributed by atoms with E-state index in [1.807, 2.05) is 24.3 Å². The standard InChI is InChI=1S/C8H6FN2/c9-5-11-6-10-7-3-1-2-4-8(7)11/h1-6H/q-1. The fourth-order valence-corrected chi connectivity index (χ4v) is 1.06. The highest BCUT2D eigenvalue weighted by Gasteiger charge is 1.89. The van der Waals surface area contributed by atoms with Gasteiger partial charge in [-0.25, -0.2) is 0 Å². The number of halogens is 1. The normalized spacial score (nSPS) is 10.3. The first-order chi connectivity index (χ1) is 5.42. The van der Waals surface area contributed by atoms with E-state index in [0.717, 1.165) is 11.0 Å². The molecule has 56 valence electrons. The molecule has 11 heavy (non-hydrogen) atoms. The molecule has 0 saturated carbocycles. The van der Waals surface area contributed by atoms with Gasteiger partial charge in [-0.05, 0) is 17.9 Å². The maximum Gasteiger partial charge on any atom is 0.0494 e. The van der Waals surface area contributed by atoms with Crippen molar-refractivity contribution in [3.8, 4) is 0 Å². The minimum absolute atomic E-state index is 0.495. The molecule has 0 saturated heterocycles. The van der Waals surface area contributed by atoms with Crippen LogP contribution in [0.1, 0.15) is 0 Å². The molecule has 0 atom stereocenters. The minimum Gasteiger partial charge on any atom is -0.442 e. The molecule has 0 N–H and O–H groups in total. The number of nitrogens with zero attached hydrogens (tertiary/aromatic N) is 2. The van der Waals surface area contributed by atoms with E-state index in [1.54, 1.807) is 0 Å². The van der Waals surface area contributed by atoms with E-state index in [9.17, 15) is 4.39 Å². The van der Waals surface area contributed by atoms with Gasteiger partial charge in [-0.1, -0.05) is 18.2 Å². The Hall–Kier alpha value is -1.51. The van der Waals surface area contributed by atoms with Crippen molar-refractivity contribution >= 4 is 11.0 Å².